The van der Waals surface area contributed by atoms with Gasteiger partial charge in [-0.25, -0.2) is 17.6 Å². The lowest BCUT2D eigenvalue weighted by Gasteiger charge is -2.37. The molecule has 0 bridgehead atoms. The fourth-order valence-corrected chi connectivity index (χ4v) is 6.30. The van der Waals surface area contributed by atoms with Gasteiger partial charge < -0.3 is 20.1 Å². The molecule has 4 rings (SSSR count). The largest absolute Gasteiger partial charge is 0.487 e. The molecule has 0 unspecified atom stereocenters. The molecule has 0 spiro atoms. The van der Waals surface area contributed by atoms with Crippen LogP contribution in [0.15, 0.2) is 71.6 Å². The molecule has 3 aromatic carbocycles. The Labute approximate surface area is 229 Å². The van der Waals surface area contributed by atoms with Crippen LogP contribution >= 0.6 is 0 Å². The Morgan fingerprint density at radius 3 is 2.41 bits per heavy atom. The quantitative estimate of drug-likeness (QED) is 0.458. The van der Waals surface area contributed by atoms with Gasteiger partial charge in [-0.2, -0.15) is 4.31 Å². The zero-order valence-corrected chi connectivity index (χ0v) is 23.3. The number of likely N-dealkylation sites (N-methyl/N-ethyl adjacent to an activating group) is 1. The highest BCUT2D eigenvalue weighted by Gasteiger charge is 2.38. The van der Waals surface area contributed by atoms with E-state index in [9.17, 15) is 22.7 Å². The van der Waals surface area contributed by atoms with Crippen LogP contribution in [0.25, 0.3) is 11.1 Å². The molecule has 2 N–H and O–H groups in total. The van der Waals surface area contributed by atoms with Gasteiger partial charge in [-0.15, -0.1) is 0 Å². The van der Waals surface area contributed by atoms with Gasteiger partial charge in [0.05, 0.1) is 13.2 Å². The summed E-state index contributed by atoms with van der Waals surface area (Å²) in [5.74, 6) is -0.545. The van der Waals surface area contributed by atoms with Crippen LogP contribution in [0.4, 0.5) is 14.9 Å². The number of nitrogens with one attached hydrogen (secondary N) is 1. The molecule has 1 aliphatic rings. The molecule has 1 aliphatic heterocycles. The first-order chi connectivity index (χ1) is 18.5. The van der Waals surface area contributed by atoms with Crippen LogP contribution in [-0.4, -0.2) is 67.7 Å². The molecule has 8 nitrogen and oxygen atoms in total. The van der Waals surface area contributed by atoms with Crippen molar-refractivity contribution in [2.24, 2.45) is 5.92 Å². The molecule has 0 saturated carbocycles. The van der Waals surface area contributed by atoms with Gasteiger partial charge in [-0.1, -0.05) is 42.8 Å². The summed E-state index contributed by atoms with van der Waals surface area (Å²) in [6.07, 6.45) is -0.565. The van der Waals surface area contributed by atoms with E-state index in [1.807, 2.05) is 38.1 Å². The number of carbonyl (C=O) groups excluding carboxylic acids is 1. The number of benzene rings is 3. The van der Waals surface area contributed by atoms with Crippen LogP contribution < -0.4 is 10.1 Å². The predicted molar refractivity (Wildman–Crippen MR) is 149 cm³/mol. The SMILES string of the molecule is Cc1ccc(-c2ccc3c(c2)O[C@H](CN(C)C(=O)Nc2ccc(F)cc2)[C@@H](C)CN([C@H](C)CO)S3(=O)=O)cc1. The summed E-state index contributed by atoms with van der Waals surface area (Å²) < 4.78 is 48.4. The molecule has 0 saturated heterocycles. The number of aliphatic hydroxyl groups excluding tert-OH is 1. The molecule has 208 valence electrons. The Morgan fingerprint density at radius 1 is 1.13 bits per heavy atom. The molecular formula is C29H34FN3O5S. The minimum absolute atomic E-state index is 0.00831. The molecular weight excluding hydrogens is 521 g/mol. The molecule has 39 heavy (non-hydrogen) atoms. The van der Waals surface area contributed by atoms with Crippen LogP contribution in [0.3, 0.4) is 0 Å². The third-order valence-electron chi connectivity index (χ3n) is 6.95. The lowest BCUT2D eigenvalue weighted by Crippen LogP contribution is -2.50. The number of halogens is 1. The molecule has 0 radical (unpaired) electrons. The normalized spacial score (nSPS) is 19.6. The molecule has 0 aromatic heterocycles. The van der Waals surface area contributed by atoms with Gasteiger partial charge in [-0.3, -0.25) is 0 Å². The van der Waals surface area contributed by atoms with Crippen molar-refractivity contribution in [3.05, 3.63) is 78.1 Å². The van der Waals surface area contributed by atoms with Crippen molar-refractivity contribution in [3.8, 4) is 16.9 Å². The number of sulfonamides is 1. The lowest BCUT2D eigenvalue weighted by atomic mass is 10.0. The first-order valence-corrected chi connectivity index (χ1v) is 14.2. The number of aryl methyl sites for hydroxylation is 1. The van der Waals surface area contributed by atoms with Crippen molar-refractivity contribution in [1.82, 2.24) is 9.21 Å². The fourth-order valence-electron chi connectivity index (χ4n) is 4.47. The van der Waals surface area contributed by atoms with E-state index in [0.717, 1.165) is 16.7 Å². The molecule has 1 heterocycles. The molecule has 3 aromatic rings. The van der Waals surface area contributed by atoms with Crippen molar-refractivity contribution in [2.45, 2.75) is 37.8 Å². The topological polar surface area (TPSA) is 99.2 Å². The van der Waals surface area contributed by atoms with Gasteiger partial charge >= 0.3 is 6.03 Å². The standard InChI is InChI=1S/C29H34FN3O5S/c1-19-5-7-22(8-6-19)23-9-14-28-26(15-23)38-27(20(2)16-33(21(3)18-34)39(28,36)37)17-32(4)29(35)31-25-12-10-24(30)11-13-25/h5-15,20-21,27,34H,16-18H2,1-4H3,(H,31,35)/t20-,21+,27+/m0/s1. The zero-order valence-electron chi connectivity index (χ0n) is 22.5. The maximum atomic E-state index is 13.7. The number of carbonyl (C=O) groups is 1. The molecule has 0 fully saturated rings. The highest BCUT2D eigenvalue weighted by Crippen LogP contribution is 2.36. The lowest BCUT2D eigenvalue weighted by molar-refractivity contribution is 0.0830. The van der Waals surface area contributed by atoms with Gasteiger partial charge in [-0.05, 0) is 61.4 Å². The predicted octanol–water partition coefficient (Wildman–Crippen LogP) is 4.73. The second-order valence-corrected chi connectivity index (χ2v) is 11.9. The van der Waals surface area contributed by atoms with Crippen molar-refractivity contribution < 1.29 is 27.4 Å². The van der Waals surface area contributed by atoms with Gasteiger partial charge in [0.15, 0.2) is 0 Å². The van der Waals surface area contributed by atoms with Crippen molar-refractivity contribution >= 4 is 21.7 Å². The van der Waals surface area contributed by atoms with E-state index >= 15 is 0 Å². The smallest absolute Gasteiger partial charge is 0.321 e. The number of hydrogen-bond acceptors (Lipinski definition) is 5. The molecule has 10 heteroatoms. The number of urea groups is 1. The maximum absolute atomic E-state index is 13.7. The second kappa shape index (κ2) is 11.7. The summed E-state index contributed by atoms with van der Waals surface area (Å²) in [6, 6.07) is 17.3. The van der Waals surface area contributed by atoms with Crippen LogP contribution in [-0.2, 0) is 10.0 Å². The summed E-state index contributed by atoms with van der Waals surface area (Å²) in [5.41, 5.74) is 3.25. The fraction of sp³-hybridized carbons (Fsp3) is 0.345. The van der Waals surface area contributed by atoms with Gasteiger partial charge in [0.2, 0.25) is 10.0 Å². The van der Waals surface area contributed by atoms with Crippen molar-refractivity contribution in [2.75, 3.05) is 32.1 Å². The third kappa shape index (κ3) is 6.41. The van der Waals surface area contributed by atoms with E-state index in [0.29, 0.717) is 5.69 Å². The minimum Gasteiger partial charge on any atom is -0.487 e. The number of aliphatic hydroxyl groups is 1. The average Bonchev–Trinajstić information content (AvgIpc) is 2.91. The van der Waals surface area contributed by atoms with Crippen molar-refractivity contribution in [3.63, 3.8) is 0 Å². The van der Waals surface area contributed by atoms with E-state index in [-0.39, 0.29) is 36.3 Å². The monoisotopic (exact) mass is 555 g/mol. The Morgan fingerprint density at radius 2 is 1.77 bits per heavy atom. The minimum atomic E-state index is -3.98. The number of rotatable bonds is 6. The Hall–Kier alpha value is -3.47. The first kappa shape index (κ1) is 28.5. The Balaban J connectivity index is 1.68. The van der Waals surface area contributed by atoms with E-state index in [4.69, 9.17) is 4.74 Å². The number of nitrogens with zero attached hydrogens (tertiary/aromatic N) is 2. The summed E-state index contributed by atoms with van der Waals surface area (Å²) in [5, 5.41) is 12.6. The third-order valence-corrected chi connectivity index (χ3v) is 8.97. The Kier molecular flexibility index (Phi) is 8.58. The van der Waals surface area contributed by atoms with Crippen LogP contribution in [0, 0.1) is 18.7 Å². The highest BCUT2D eigenvalue weighted by atomic mass is 32.2. The van der Waals surface area contributed by atoms with Gasteiger partial charge in [0, 0.05) is 31.2 Å². The second-order valence-electron chi connectivity index (χ2n) is 10.1. The molecule has 3 atom stereocenters. The summed E-state index contributed by atoms with van der Waals surface area (Å²) in [7, 11) is -2.37. The van der Waals surface area contributed by atoms with Gasteiger partial charge in [0.1, 0.15) is 22.6 Å². The van der Waals surface area contributed by atoms with Crippen LogP contribution in [0.1, 0.15) is 19.4 Å². The summed E-state index contributed by atoms with van der Waals surface area (Å²) in [4.78, 5) is 14.3. The van der Waals surface area contributed by atoms with E-state index < -0.39 is 34.0 Å². The van der Waals surface area contributed by atoms with E-state index in [2.05, 4.69) is 5.32 Å². The summed E-state index contributed by atoms with van der Waals surface area (Å²) >= 11 is 0. The Bertz CT molecular complexity index is 1410. The maximum Gasteiger partial charge on any atom is 0.321 e. The van der Waals surface area contributed by atoms with Crippen LogP contribution in [0.2, 0.25) is 0 Å². The van der Waals surface area contributed by atoms with Gasteiger partial charge in [0.25, 0.3) is 0 Å². The zero-order chi connectivity index (χ0) is 28.3. The summed E-state index contributed by atoms with van der Waals surface area (Å²) in [6.45, 7) is 5.42. The number of amides is 2. The molecule has 2 amide bonds. The van der Waals surface area contributed by atoms with Crippen LogP contribution in [0.5, 0.6) is 5.75 Å². The first-order valence-electron chi connectivity index (χ1n) is 12.8. The van der Waals surface area contributed by atoms with Crippen molar-refractivity contribution in [1.29, 1.82) is 0 Å². The van der Waals surface area contributed by atoms with E-state index in [1.54, 1.807) is 26.1 Å². The number of ether oxygens (including phenoxy) is 1. The highest BCUT2D eigenvalue weighted by molar-refractivity contribution is 7.89. The van der Waals surface area contributed by atoms with E-state index in [1.165, 1.54) is 39.5 Å². The number of fused-ring (bicyclic) bond motifs is 1. The number of hydrogen-bond donors (Lipinski definition) is 2. The number of anilines is 1. The molecule has 0 aliphatic carbocycles. The average molecular weight is 556 g/mol.